The second-order valence-corrected chi connectivity index (χ2v) is 4.99. The predicted molar refractivity (Wildman–Crippen MR) is 60.0 cm³/mol. The molecule has 18 heavy (non-hydrogen) atoms. The SMILES string of the molecule is CN1CCC1(C)Cc1c(F)c(F)c(N)c(F)c1F. The minimum absolute atomic E-state index is 0.0880. The highest BCUT2D eigenvalue weighted by Crippen LogP contribution is 2.35. The van der Waals surface area contributed by atoms with Crippen LogP contribution in [0, 0.1) is 23.3 Å². The van der Waals surface area contributed by atoms with Crippen LogP contribution < -0.4 is 5.73 Å². The number of anilines is 1. The van der Waals surface area contributed by atoms with Crippen molar-refractivity contribution in [2.45, 2.75) is 25.3 Å². The zero-order valence-corrected chi connectivity index (χ0v) is 10.2. The Kier molecular flexibility index (Phi) is 3.01. The van der Waals surface area contributed by atoms with E-state index in [0.29, 0.717) is 0 Å². The van der Waals surface area contributed by atoms with Gasteiger partial charge in [-0.05, 0) is 26.8 Å². The van der Waals surface area contributed by atoms with Gasteiger partial charge in [0.05, 0.1) is 0 Å². The van der Waals surface area contributed by atoms with Crippen LogP contribution in [0.2, 0.25) is 0 Å². The molecule has 0 amide bonds. The molecule has 0 aliphatic carbocycles. The Bertz CT molecular complexity index is 474. The van der Waals surface area contributed by atoms with E-state index in [-0.39, 0.29) is 6.42 Å². The Morgan fingerprint density at radius 1 is 1.11 bits per heavy atom. The van der Waals surface area contributed by atoms with Crippen LogP contribution in [-0.2, 0) is 6.42 Å². The number of likely N-dealkylation sites (N-methyl/N-ethyl adjacent to an activating group) is 1. The minimum atomic E-state index is -1.52. The third kappa shape index (κ3) is 1.75. The lowest BCUT2D eigenvalue weighted by Gasteiger charge is -2.49. The molecule has 2 nitrogen and oxygen atoms in total. The van der Waals surface area contributed by atoms with Crippen molar-refractivity contribution in [3.05, 3.63) is 28.8 Å². The fourth-order valence-corrected chi connectivity index (χ4v) is 2.17. The number of rotatable bonds is 2. The summed E-state index contributed by atoms with van der Waals surface area (Å²) in [4.78, 5) is 1.89. The molecular weight excluding hydrogens is 248 g/mol. The largest absolute Gasteiger partial charge is 0.394 e. The van der Waals surface area contributed by atoms with Crippen molar-refractivity contribution in [1.82, 2.24) is 4.90 Å². The van der Waals surface area contributed by atoms with E-state index < -0.39 is 40.1 Å². The first kappa shape index (κ1) is 13.1. The fraction of sp³-hybridized carbons (Fsp3) is 0.500. The molecule has 0 spiro atoms. The van der Waals surface area contributed by atoms with Gasteiger partial charge in [-0.2, -0.15) is 0 Å². The van der Waals surface area contributed by atoms with Crippen LogP contribution in [0.15, 0.2) is 0 Å². The van der Waals surface area contributed by atoms with Gasteiger partial charge in [-0.3, -0.25) is 0 Å². The monoisotopic (exact) mass is 262 g/mol. The molecule has 1 saturated heterocycles. The molecule has 1 aromatic carbocycles. The second-order valence-electron chi connectivity index (χ2n) is 4.99. The number of nitrogen functional groups attached to an aromatic ring is 1. The standard InChI is InChI=1S/C12H14F4N2/c1-12(3-4-18(12)2)5-6-7(13)9(15)11(17)10(16)8(6)14/h3-5,17H2,1-2H3. The van der Waals surface area contributed by atoms with Gasteiger partial charge in [-0.25, -0.2) is 17.6 Å². The van der Waals surface area contributed by atoms with Crippen molar-refractivity contribution >= 4 is 5.69 Å². The Hall–Kier alpha value is -1.30. The van der Waals surface area contributed by atoms with Crippen molar-refractivity contribution in [1.29, 1.82) is 0 Å². The number of likely N-dealkylation sites (tertiary alicyclic amines) is 1. The lowest BCUT2D eigenvalue weighted by atomic mass is 9.81. The van der Waals surface area contributed by atoms with Gasteiger partial charge < -0.3 is 10.6 Å². The topological polar surface area (TPSA) is 29.3 Å². The minimum Gasteiger partial charge on any atom is -0.394 e. The van der Waals surface area contributed by atoms with Gasteiger partial charge in [0, 0.05) is 17.6 Å². The van der Waals surface area contributed by atoms with Crippen molar-refractivity contribution in [3.8, 4) is 0 Å². The molecule has 1 heterocycles. The third-order valence-corrected chi connectivity index (χ3v) is 3.85. The Labute approximate surface area is 102 Å². The zero-order valence-electron chi connectivity index (χ0n) is 10.2. The second kappa shape index (κ2) is 4.12. The van der Waals surface area contributed by atoms with E-state index in [0.717, 1.165) is 13.0 Å². The van der Waals surface area contributed by atoms with Gasteiger partial charge in [0.1, 0.15) is 5.69 Å². The van der Waals surface area contributed by atoms with Gasteiger partial charge in [-0.1, -0.05) is 0 Å². The summed E-state index contributed by atoms with van der Waals surface area (Å²) in [7, 11) is 1.79. The van der Waals surface area contributed by atoms with Gasteiger partial charge >= 0.3 is 0 Å². The summed E-state index contributed by atoms with van der Waals surface area (Å²) < 4.78 is 53.9. The molecule has 0 bridgehead atoms. The quantitative estimate of drug-likeness (QED) is 0.504. The number of halogens is 4. The van der Waals surface area contributed by atoms with Crippen molar-refractivity contribution in [2.24, 2.45) is 0 Å². The van der Waals surface area contributed by atoms with Crippen molar-refractivity contribution < 1.29 is 17.6 Å². The number of benzene rings is 1. The molecule has 1 unspecified atom stereocenters. The van der Waals surface area contributed by atoms with E-state index in [2.05, 4.69) is 0 Å². The van der Waals surface area contributed by atoms with E-state index in [1.165, 1.54) is 0 Å². The van der Waals surface area contributed by atoms with Crippen LogP contribution in [0.1, 0.15) is 18.9 Å². The molecule has 1 fully saturated rings. The van der Waals surface area contributed by atoms with E-state index in [4.69, 9.17) is 5.73 Å². The molecule has 0 radical (unpaired) electrons. The summed E-state index contributed by atoms with van der Waals surface area (Å²) in [6.07, 6.45) is 0.630. The van der Waals surface area contributed by atoms with Gasteiger partial charge in [0.25, 0.3) is 0 Å². The number of hydrogen-bond acceptors (Lipinski definition) is 2. The number of nitrogens with two attached hydrogens (primary N) is 1. The third-order valence-electron chi connectivity index (χ3n) is 3.85. The highest BCUT2D eigenvalue weighted by molar-refractivity contribution is 5.45. The average Bonchev–Trinajstić information content (AvgIpc) is 2.37. The normalized spacial score (nSPS) is 24.1. The van der Waals surface area contributed by atoms with Crippen LogP contribution in [0.3, 0.4) is 0 Å². The molecule has 6 heteroatoms. The van der Waals surface area contributed by atoms with Gasteiger partial charge in [0.2, 0.25) is 0 Å². The molecule has 100 valence electrons. The number of hydrogen-bond donors (Lipinski definition) is 1. The lowest BCUT2D eigenvalue weighted by molar-refractivity contribution is 0.0264. The smallest absolute Gasteiger partial charge is 0.185 e. The van der Waals surface area contributed by atoms with Gasteiger partial charge in [-0.15, -0.1) is 0 Å². The Balaban J connectivity index is 2.45. The first-order valence-corrected chi connectivity index (χ1v) is 5.59. The molecule has 2 rings (SSSR count). The maximum atomic E-state index is 13.6. The maximum Gasteiger partial charge on any atom is 0.185 e. The summed E-state index contributed by atoms with van der Waals surface area (Å²) in [6.45, 7) is 2.58. The molecule has 0 saturated carbocycles. The van der Waals surface area contributed by atoms with Crippen LogP contribution in [0.4, 0.5) is 23.2 Å². The van der Waals surface area contributed by atoms with Crippen LogP contribution >= 0.6 is 0 Å². The summed E-state index contributed by atoms with van der Waals surface area (Å²) >= 11 is 0. The highest BCUT2D eigenvalue weighted by Gasteiger charge is 2.40. The molecule has 1 aromatic rings. The van der Waals surface area contributed by atoms with E-state index in [9.17, 15) is 17.6 Å². The van der Waals surface area contributed by atoms with Crippen molar-refractivity contribution in [2.75, 3.05) is 19.3 Å². The van der Waals surface area contributed by atoms with Crippen LogP contribution in [-0.4, -0.2) is 24.0 Å². The van der Waals surface area contributed by atoms with E-state index >= 15 is 0 Å². The molecule has 0 aromatic heterocycles. The molecule has 1 aliphatic rings. The summed E-state index contributed by atoms with van der Waals surface area (Å²) in [5.41, 5.74) is 2.79. The first-order valence-electron chi connectivity index (χ1n) is 5.59. The zero-order chi connectivity index (χ0) is 13.7. The van der Waals surface area contributed by atoms with Crippen LogP contribution in [0.5, 0.6) is 0 Å². The summed E-state index contributed by atoms with van der Waals surface area (Å²) in [5, 5.41) is 0. The molecule has 1 atom stereocenters. The number of nitrogens with zero attached hydrogens (tertiary/aromatic N) is 1. The fourth-order valence-electron chi connectivity index (χ4n) is 2.17. The molecular formula is C12H14F4N2. The Morgan fingerprint density at radius 3 is 1.94 bits per heavy atom. The molecule has 1 aliphatic heterocycles. The summed E-state index contributed by atoms with van der Waals surface area (Å²) in [6, 6.07) is 0. The maximum absolute atomic E-state index is 13.6. The Morgan fingerprint density at radius 2 is 1.61 bits per heavy atom. The lowest BCUT2D eigenvalue weighted by Crippen LogP contribution is -2.57. The highest BCUT2D eigenvalue weighted by atomic mass is 19.2. The van der Waals surface area contributed by atoms with E-state index in [1.807, 2.05) is 4.90 Å². The predicted octanol–water partition coefficient (Wildman–Crippen LogP) is 2.46. The van der Waals surface area contributed by atoms with Crippen LogP contribution in [0.25, 0.3) is 0 Å². The van der Waals surface area contributed by atoms with Gasteiger partial charge in [0.15, 0.2) is 23.3 Å². The summed E-state index contributed by atoms with van der Waals surface area (Å²) in [5.74, 6) is -5.83. The van der Waals surface area contributed by atoms with Crippen molar-refractivity contribution in [3.63, 3.8) is 0 Å². The van der Waals surface area contributed by atoms with E-state index in [1.54, 1.807) is 14.0 Å². The first-order chi connectivity index (χ1) is 8.28. The average molecular weight is 262 g/mol. The molecule has 2 N–H and O–H groups in total.